The molecule has 0 saturated carbocycles. The number of amides is 2. The SMILES string of the molecule is CN(C)c1ccc(NC(=O)NC2CCOc3ccccc32)cc1. The number of carbonyl (C=O) groups excluding carboxylic acids is 1. The molecule has 0 aromatic heterocycles. The molecule has 1 aliphatic heterocycles. The largest absolute Gasteiger partial charge is 0.493 e. The lowest BCUT2D eigenvalue weighted by atomic mass is 10.0. The first-order chi connectivity index (χ1) is 11.1. The van der Waals surface area contributed by atoms with E-state index in [1.54, 1.807) is 0 Å². The van der Waals surface area contributed by atoms with E-state index < -0.39 is 0 Å². The predicted molar refractivity (Wildman–Crippen MR) is 92.2 cm³/mol. The molecule has 1 unspecified atom stereocenters. The van der Waals surface area contributed by atoms with Crippen molar-refractivity contribution in [3.8, 4) is 5.75 Å². The number of hydrogen-bond donors (Lipinski definition) is 2. The fourth-order valence-corrected chi connectivity index (χ4v) is 2.66. The van der Waals surface area contributed by atoms with Crippen LogP contribution in [0.5, 0.6) is 5.75 Å². The van der Waals surface area contributed by atoms with Gasteiger partial charge in [-0.15, -0.1) is 0 Å². The van der Waals surface area contributed by atoms with Crippen LogP contribution in [0, 0.1) is 0 Å². The van der Waals surface area contributed by atoms with E-state index in [1.807, 2.05) is 67.5 Å². The van der Waals surface area contributed by atoms with Crippen LogP contribution in [0.1, 0.15) is 18.0 Å². The first kappa shape index (κ1) is 15.2. The van der Waals surface area contributed by atoms with Gasteiger partial charge in [0.2, 0.25) is 0 Å². The van der Waals surface area contributed by atoms with Crippen LogP contribution in [0.25, 0.3) is 0 Å². The van der Waals surface area contributed by atoms with Gasteiger partial charge in [0.05, 0.1) is 12.6 Å². The van der Waals surface area contributed by atoms with Crippen molar-refractivity contribution in [1.82, 2.24) is 5.32 Å². The maximum absolute atomic E-state index is 12.2. The van der Waals surface area contributed by atoms with Crippen molar-refractivity contribution in [3.63, 3.8) is 0 Å². The Morgan fingerprint density at radius 1 is 1.13 bits per heavy atom. The number of nitrogens with zero attached hydrogens (tertiary/aromatic N) is 1. The van der Waals surface area contributed by atoms with E-state index >= 15 is 0 Å². The zero-order chi connectivity index (χ0) is 16.2. The van der Waals surface area contributed by atoms with Gasteiger partial charge in [0, 0.05) is 37.5 Å². The molecule has 0 radical (unpaired) electrons. The van der Waals surface area contributed by atoms with Gasteiger partial charge in [-0.3, -0.25) is 0 Å². The Hall–Kier alpha value is -2.69. The van der Waals surface area contributed by atoms with Gasteiger partial charge in [-0.1, -0.05) is 18.2 Å². The molecular weight excluding hydrogens is 290 g/mol. The molecule has 1 aliphatic rings. The molecule has 5 heteroatoms. The van der Waals surface area contributed by atoms with Crippen molar-refractivity contribution in [3.05, 3.63) is 54.1 Å². The lowest BCUT2D eigenvalue weighted by molar-refractivity contribution is 0.232. The zero-order valence-electron chi connectivity index (χ0n) is 13.4. The molecule has 2 amide bonds. The first-order valence-corrected chi connectivity index (χ1v) is 7.70. The molecule has 23 heavy (non-hydrogen) atoms. The summed E-state index contributed by atoms with van der Waals surface area (Å²) in [7, 11) is 3.97. The van der Waals surface area contributed by atoms with Crippen molar-refractivity contribution >= 4 is 17.4 Å². The zero-order valence-corrected chi connectivity index (χ0v) is 13.4. The summed E-state index contributed by atoms with van der Waals surface area (Å²) in [5.41, 5.74) is 2.89. The lowest BCUT2D eigenvalue weighted by Gasteiger charge is -2.26. The monoisotopic (exact) mass is 311 g/mol. The number of ether oxygens (including phenoxy) is 1. The normalized spacial score (nSPS) is 16.0. The summed E-state index contributed by atoms with van der Waals surface area (Å²) < 4.78 is 5.61. The van der Waals surface area contributed by atoms with Crippen LogP contribution in [-0.2, 0) is 0 Å². The lowest BCUT2D eigenvalue weighted by Crippen LogP contribution is -2.35. The van der Waals surface area contributed by atoms with Gasteiger partial charge >= 0.3 is 6.03 Å². The fourth-order valence-electron chi connectivity index (χ4n) is 2.66. The van der Waals surface area contributed by atoms with Gasteiger partial charge in [-0.25, -0.2) is 4.79 Å². The molecule has 2 aromatic rings. The first-order valence-electron chi connectivity index (χ1n) is 7.70. The van der Waals surface area contributed by atoms with Gasteiger partial charge in [-0.2, -0.15) is 0 Å². The topological polar surface area (TPSA) is 53.6 Å². The third-order valence-electron chi connectivity index (χ3n) is 3.91. The van der Waals surface area contributed by atoms with E-state index in [2.05, 4.69) is 10.6 Å². The number of anilines is 2. The molecular formula is C18H21N3O2. The number of urea groups is 1. The fraction of sp³-hybridized carbons (Fsp3) is 0.278. The summed E-state index contributed by atoms with van der Waals surface area (Å²) in [6, 6.07) is 15.3. The van der Waals surface area contributed by atoms with Gasteiger partial charge in [0.25, 0.3) is 0 Å². The highest BCUT2D eigenvalue weighted by molar-refractivity contribution is 5.89. The molecule has 120 valence electrons. The molecule has 0 aliphatic carbocycles. The highest BCUT2D eigenvalue weighted by Gasteiger charge is 2.22. The number of para-hydroxylation sites is 1. The van der Waals surface area contributed by atoms with Crippen LogP contribution in [0.4, 0.5) is 16.2 Å². The van der Waals surface area contributed by atoms with Crippen molar-refractivity contribution in [1.29, 1.82) is 0 Å². The Morgan fingerprint density at radius 2 is 1.87 bits per heavy atom. The summed E-state index contributed by atoms with van der Waals surface area (Å²) in [6.45, 7) is 0.611. The number of carbonyl (C=O) groups is 1. The molecule has 1 heterocycles. The number of hydrogen-bond acceptors (Lipinski definition) is 3. The Kier molecular flexibility index (Phi) is 4.37. The minimum absolute atomic E-state index is 0.0269. The predicted octanol–water partition coefficient (Wildman–Crippen LogP) is 3.40. The standard InChI is InChI=1S/C18H21N3O2/c1-21(2)14-9-7-13(8-10-14)19-18(22)20-16-11-12-23-17-6-4-3-5-15(16)17/h3-10,16H,11-12H2,1-2H3,(H2,19,20,22). The van der Waals surface area contributed by atoms with Gasteiger partial charge in [-0.05, 0) is 30.3 Å². The molecule has 5 nitrogen and oxygen atoms in total. The number of benzene rings is 2. The smallest absolute Gasteiger partial charge is 0.319 e. The van der Waals surface area contributed by atoms with Crippen LogP contribution in [0.3, 0.4) is 0 Å². The Balaban J connectivity index is 1.64. The third kappa shape index (κ3) is 3.56. The van der Waals surface area contributed by atoms with Crippen LogP contribution >= 0.6 is 0 Å². The van der Waals surface area contributed by atoms with Gasteiger partial charge < -0.3 is 20.3 Å². The van der Waals surface area contributed by atoms with Crippen molar-refractivity contribution in [2.45, 2.75) is 12.5 Å². The minimum Gasteiger partial charge on any atom is -0.493 e. The van der Waals surface area contributed by atoms with E-state index in [0.29, 0.717) is 6.61 Å². The molecule has 0 bridgehead atoms. The van der Waals surface area contributed by atoms with Gasteiger partial charge in [0.1, 0.15) is 5.75 Å². The average Bonchev–Trinajstić information content (AvgIpc) is 2.55. The van der Waals surface area contributed by atoms with Gasteiger partial charge in [0.15, 0.2) is 0 Å². The highest BCUT2D eigenvalue weighted by atomic mass is 16.5. The number of fused-ring (bicyclic) bond motifs is 1. The Labute approximate surface area is 136 Å². The van der Waals surface area contributed by atoms with Crippen LogP contribution in [-0.4, -0.2) is 26.7 Å². The van der Waals surface area contributed by atoms with E-state index in [0.717, 1.165) is 29.1 Å². The molecule has 1 atom stereocenters. The Bertz CT molecular complexity index is 683. The average molecular weight is 311 g/mol. The second-order valence-electron chi connectivity index (χ2n) is 5.77. The van der Waals surface area contributed by atoms with Crippen molar-refractivity contribution < 1.29 is 9.53 Å². The summed E-state index contributed by atoms with van der Waals surface area (Å²) in [5.74, 6) is 0.847. The molecule has 0 saturated heterocycles. The summed E-state index contributed by atoms with van der Waals surface area (Å²) >= 11 is 0. The van der Waals surface area contributed by atoms with Crippen LogP contribution in [0.15, 0.2) is 48.5 Å². The molecule has 2 aromatic carbocycles. The van der Waals surface area contributed by atoms with Crippen molar-refractivity contribution in [2.24, 2.45) is 0 Å². The second kappa shape index (κ2) is 6.60. The molecule has 3 rings (SSSR count). The maximum Gasteiger partial charge on any atom is 0.319 e. The number of nitrogens with one attached hydrogen (secondary N) is 2. The molecule has 0 spiro atoms. The molecule has 2 N–H and O–H groups in total. The van der Waals surface area contributed by atoms with E-state index in [9.17, 15) is 4.79 Å². The van der Waals surface area contributed by atoms with E-state index in [1.165, 1.54) is 0 Å². The third-order valence-corrected chi connectivity index (χ3v) is 3.91. The van der Waals surface area contributed by atoms with E-state index in [-0.39, 0.29) is 12.1 Å². The van der Waals surface area contributed by atoms with Crippen LogP contribution < -0.4 is 20.3 Å². The Morgan fingerprint density at radius 3 is 2.61 bits per heavy atom. The maximum atomic E-state index is 12.2. The van der Waals surface area contributed by atoms with Crippen molar-refractivity contribution in [2.75, 3.05) is 30.9 Å². The second-order valence-corrected chi connectivity index (χ2v) is 5.77. The van der Waals surface area contributed by atoms with Crippen LogP contribution in [0.2, 0.25) is 0 Å². The summed E-state index contributed by atoms with van der Waals surface area (Å²) in [5, 5.41) is 5.90. The quantitative estimate of drug-likeness (QED) is 0.913. The van der Waals surface area contributed by atoms with E-state index in [4.69, 9.17) is 4.74 Å². The minimum atomic E-state index is -0.204. The number of rotatable bonds is 3. The summed E-state index contributed by atoms with van der Waals surface area (Å²) in [6.07, 6.45) is 0.768. The summed E-state index contributed by atoms with van der Waals surface area (Å²) in [4.78, 5) is 14.3. The highest BCUT2D eigenvalue weighted by Crippen LogP contribution is 2.31. The molecule has 0 fully saturated rings.